The fraction of sp³-hybridized carbons (Fsp3) is 0.367. The highest BCUT2D eigenvalue weighted by atomic mass is 79.9. The normalized spacial score (nSPS) is 16.8. The van der Waals surface area contributed by atoms with Gasteiger partial charge in [0, 0.05) is 40.2 Å². The quantitative estimate of drug-likeness (QED) is 0.149. The van der Waals surface area contributed by atoms with Gasteiger partial charge in [0.15, 0.2) is 0 Å². The van der Waals surface area contributed by atoms with Gasteiger partial charge in [0.1, 0.15) is 5.75 Å². The number of ether oxygens (including phenoxy) is 1. The zero-order chi connectivity index (χ0) is 29.6. The predicted molar refractivity (Wildman–Crippen MR) is 173 cm³/mol. The average molecular weight is 712 g/mol. The van der Waals surface area contributed by atoms with E-state index in [2.05, 4.69) is 42.5 Å². The summed E-state index contributed by atoms with van der Waals surface area (Å²) in [5.74, 6) is 0.373. The van der Waals surface area contributed by atoms with Crippen molar-refractivity contribution in [1.29, 1.82) is 0 Å². The first-order valence-corrected chi connectivity index (χ1v) is 16.8. The Hall–Kier alpha value is -2.12. The van der Waals surface area contributed by atoms with E-state index in [1.807, 2.05) is 62.4 Å². The Labute approximate surface area is 260 Å². The monoisotopic (exact) mass is 709 g/mol. The van der Waals surface area contributed by atoms with E-state index >= 15 is 0 Å². The minimum absolute atomic E-state index is 0.135. The third kappa shape index (κ3) is 9.18. The summed E-state index contributed by atoms with van der Waals surface area (Å²) in [5.41, 5.74) is 2.87. The van der Waals surface area contributed by atoms with E-state index in [-0.39, 0.29) is 18.6 Å². The Balaban J connectivity index is 1.53. The van der Waals surface area contributed by atoms with Gasteiger partial charge in [0.2, 0.25) is 0 Å². The number of halogens is 2. The largest absolute Gasteiger partial charge is 0.491 e. The van der Waals surface area contributed by atoms with Crippen LogP contribution in [0, 0.1) is 0 Å². The van der Waals surface area contributed by atoms with Gasteiger partial charge in [-0.2, -0.15) is 0 Å². The summed E-state index contributed by atoms with van der Waals surface area (Å²) in [4.78, 5) is 13.6. The number of nitrogens with one attached hydrogen (secondary N) is 2. The van der Waals surface area contributed by atoms with Crippen molar-refractivity contribution in [2.75, 3.05) is 23.1 Å². The van der Waals surface area contributed by atoms with Gasteiger partial charge in [-0.15, -0.1) is 10.8 Å². The fourth-order valence-corrected chi connectivity index (χ4v) is 7.77. The number of anilines is 1. The first kappa shape index (κ1) is 31.8. The number of aliphatic hydroxyl groups is 1. The summed E-state index contributed by atoms with van der Waals surface area (Å²) in [6, 6.07) is 20.1. The van der Waals surface area contributed by atoms with Crippen LogP contribution in [-0.2, 0) is 13.0 Å². The lowest BCUT2D eigenvalue weighted by molar-refractivity contribution is 0.0829. The Morgan fingerprint density at radius 2 is 1.73 bits per heavy atom. The number of hydrogen-bond donors (Lipinski definition) is 5. The summed E-state index contributed by atoms with van der Waals surface area (Å²) in [5, 5.41) is 17.6. The van der Waals surface area contributed by atoms with Crippen LogP contribution in [0.2, 0.25) is 0 Å². The lowest BCUT2D eigenvalue weighted by atomic mass is 10.00. The first-order valence-electron chi connectivity index (χ1n) is 13.5. The molecule has 11 heteroatoms. The molecule has 4 rings (SSSR count). The molecule has 0 spiro atoms. The second-order valence-corrected chi connectivity index (χ2v) is 14.4. The van der Waals surface area contributed by atoms with Gasteiger partial charge < -0.3 is 20.5 Å². The number of carbonyl (C=O) groups excluding carboxylic acids is 1. The van der Waals surface area contributed by atoms with Gasteiger partial charge >= 0.3 is 0 Å². The molecule has 3 aromatic carbocycles. The minimum atomic E-state index is -2.95. The number of amides is 1. The van der Waals surface area contributed by atoms with Crippen LogP contribution >= 0.6 is 42.6 Å². The Morgan fingerprint density at radius 3 is 2.37 bits per heavy atom. The number of aliphatic hydroxyl groups excluding tert-OH is 1. The molecule has 1 aliphatic rings. The zero-order valence-electron chi connectivity index (χ0n) is 23.1. The molecule has 2 atom stereocenters. The molecule has 5 N–H and O–H groups in total. The van der Waals surface area contributed by atoms with Crippen LogP contribution in [0.1, 0.15) is 41.8 Å². The van der Waals surface area contributed by atoms with Crippen LogP contribution in [0.4, 0.5) is 5.69 Å². The summed E-state index contributed by atoms with van der Waals surface area (Å²) in [6.07, 6.45) is 0.0630. The second kappa shape index (κ2) is 14.4. The maximum Gasteiger partial charge on any atom is 0.251 e. The van der Waals surface area contributed by atoms with Crippen molar-refractivity contribution in [3.8, 4) is 5.75 Å². The zero-order valence-corrected chi connectivity index (χ0v) is 27.1. The molecule has 1 saturated heterocycles. The van der Waals surface area contributed by atoms with E-state index in [0.29, 0.717) is 48.7 Å². The molecule has 0 aromatic heterocycles. The molecule has 41 heavy (non-hydrogen) atoms. The minimum Gasteiger partial charge on any atom is -0.491 e. The molecule has 8 nitrogen and oxygen atoms in total. The summed E-state index contributed by atoms with van der Waals surface area (Å²) in [6.45, 7) is 5.06. The Bertz CT molecular complexity index is 1310. The van der Waals surface area contributed by atoms with Gasteiger partial charge in [0.05, 0.1) is 29.7 Å². The van der Waals surface area contributed by atoms with E-state index in [1.54, 1.807) is 22.5 Å². The topological polar surface area (TPSA) is 114 Å². The van der Waals surface area contributed by atoms with Crippen molar-refractivity contribution in [2.24, 2.45) is 0 Å². The third-order valence-corrected chi connectivity index (χ3v) is 9.48. The van der Waals surface area contributed by atoms with E-state index in [1.165, 1.54) is 0 Å². The highest BCUT2D eigenvalue weighted by molar-refractivity contribution is 9.11. The van der Waals surface area contributed by atoms with Crippen molar-refractivity contribution < 1.29 is 23.7 Å². The van der Waals surface area contributed by atoms with Crippen molar-refractivity contribution in [1.82, 2.24) is 10.6 Å². The number of rotatable bonds is 12. The second-order valence-electron chi connectivity index (χ2n) is 10.4. The van der Waals surface area contributed by atoms with Crippen molar-refractivity contribution >= 4 is 54.2 Å². The van der Waals surface area contributed by atoms with E-state index < -0.39 is 22.9 Å². The number of carbonyl (C=O) groups is 1. The molecule has 3 aromatic rings. The van der Waals surface area contributed by atoms with Gasteiger partial charge in [-0.25, -0.2) is 0 Å². The molecule has 1 heterocycles. The van der Waals surface area contributed by atoms with Crippen LogP contribution in [0.15, 0.2) is 75.7 Å². The number of benzene rings is 3. The smallest absolute Gasteiger partial charge is 0.251 e. The summed E-state index contributed by atoms with van der Waals surface area (Å²) >= 11 is 7.00. The van der Waals surface area contributed by atoms with Crippen LogP contribution < -0.4 is 19.7 Å². The maximum absolute atomic E-state index is 13.6. The SMILES string of the molecule is CC(C)Oc1cc(C(=O)N[C@@H](Cc2ccccc2)[C@H](O)CNCc2cc(Br)cc(Br)c2)cc(N2CCCS2(O)O)c1. The van der Waals surface area contributed by atoms with Gasteiger partial charge in [-0.05, 0) is 68.1 Å². The average Bonchev–Trinajstić information content (AvgIpc) is 3.26. The van der Waals surface area contributed by atoms with Crippen molar-refractivity contribution in [2.45, 2.75) is 51.5 Å². The van der Waals surface area contributed by atoms with E-state index in [9.17, 15) is 19.0 Å². The standard InChI is InChI=1S/C30H37Br2N3O5S/c1-20(2)40-27-15-23(14-26(17-27)35-9-6-10-41(35,38)39)30(37)34-28(13-21-7-4-3-5-8-21)29(36)19-33-18-22-11-24(31)16-25(32)12-22/h3-5,7-8,11-12,14-17,20,28-29,33,36,38-39H,6,9-10,13,18-19H2,1-2H3,(H,34,37)/t28-,29+/m0/s1. The molecular weight excluding hydrogens is 674 g/mol. The maximum atomic E-state index is 13.6. The van der Waals surface area contributed by atoms with Gasteiger partial charge in [-0.1, -0.05) is 62.2 Å². The molecular formula is C30H37Br2N3O5S. The van der Waals surface area contributed by atoms with Gasteiger partial charge in [-0.3, -0.25) is 18.2 Å². The van der Waals surface area contributed by atoms with Crippen LogP contribution in [0.3, 0.4) is 0 Å². The molecule has 1 amide bonds. The van der Waals surface area contributed by atoms with Crippen molar-refractivity contribution in [3.63, 3.8) is 0 Å². The van der Waals surface area contributed by atoms with E-state index in [4.69, 9.17) is 4.74 Å². The lowest BCUT2D eigenvalue weighted by Crippen LogP contribution is -2.48. The van der Waals surface area contributed by atoms with Crippen LogP contribution in [-0.4, -0.2) is 57.2 Å². The van der Waals surface area contributed by atoms with E-state index in [0.717, 1.165) is 20.1 Å². The molecule has 0 aliphatic carbocycles. The van der Waals surface area contributed by atoms with Crippen molar-refractivity contribution in [3.05, 3.63) is 92.4 Å². The number of nitrogens with zero attached hydrogens (tertiary/aromatic N) is 1. The highest BCUT2D eigenvalue weighted by Gasteiger charge is 2.30. The predicted octanol–water partition coefficient (Wildman–Crippen LogP) is 6.37. The fourth-order valence-electron chi connectivity index (χ4n) is 4.78. The highest BCUT2D eigenvalue weighted by Crippen LogP contribution is 2.51. The first-order chi connectivity index (χ1) is 19.5. The molecule has 222 valence electrons. The molecule has 1 fully saturated rings. The summed E-state index contributed by atoms with van der Waals surface area (Å²) < 4.78 is 30.5. The van der Waals surface area contributed by atoms with Crippen LogP contribution in [0.25, 0.3) is 0 Å². The molecule has 0 bridgehead atoms. The third-order valence-electron chi connectivity index (χ3n) is 6.63. The summed E-state index contributed by atoms with van der Waals surface area (Å²) in [7, 11) is -2.95. The van der Waals surface area contributed by atoms with Gasteiger partial charge in [0.25, 0.3) is 5.91 Å². The Kier molecular flexibility index (Phi) is 11.1. The van der Waals surface area contributed by atoms with Crippen LogP contribution in [0.5, 0.6) is 5.75 Å². The molecule has 0 radical (unpaired) electrons. The lowest BCUT2D eigenvalue weighted by Gasteiger charge is -2.38. The molecule has 0 unspecified atom stereocenters. The Morgan fingerprint density at radius 1 is 1.02 bits per heavy atom. The molecule has 0 saturated carbocycles. The number of hydrogen-bond acceptors (Lipinski definition) is 7. The molecule has 1 aliphatic heterocycles.